The van der Waals surface area contributed by atoms with Gasteiger partial charge < -0.3 is 9.47 Å². The van der Waals surface area contributed by atoms with E-state index in [1.165, 1.54) is 0 Å². The minimum Gasteiger partial charge on any atom is -0.497 e. The van der Waals surface area contributed by atoms with Crippen molar-refractivity contribution in [1.82, 2.24) is 15.2 Å². The molecular formula is C13H15N3O2. The molecule has 2 rings (SSSR count). The Morgan fingerprint density at radius 3 is 2.44 bits per heavy atom. The molecule has 0 radical (unpaired) electrons. The molecule has 0 aliphatic rings. The summed E-state index contributed by atoms with van der Waals surface area (Å²) in [5.41, 5.74) is 1.55. The first-order valence-electron chi connectivity index (χ1n) is 5.73. The average Bonchev–Trinajstić information content (AvgIpc) is 2.40. The lowest BCUT2D eigenvalue weighted by molar-refractivity contribution is 0.324. The Morgan fingerprint density at radius 2 is 1.83 bits per heavy atom. The quantitative estimate of drug-likeness (QED) is 0.826. The summed E-state index contributed by atoms with van der Waals surface area (Å²) in [6.07, 6.45) is 0. The standard InChI is InChI=1S/C13H15N3O2/c1-4-18-13-12(16-15-9(2)14-13)10-5-7-11(17-3)8-6-10/h5-8H,4H2,1-3H3. The van der Waals surface area contributed by atoms with E-state index in [1.54, 1.807) is 14.0 Å². The Labute approximate surface area is 106 Å². The average molecular weight is 245 g/mol. The van der Waals surface area contributed by atoms with Gasteiger partial charge >= 0.3 is 0 Å². The summed E-state index contributed by atoms with van der Waals surface area (Å²) in [7, 11) is 1.63. The van der Waals surface area contributed by atoms with Gasteiger partial charge in [0.05, 0.1) is 13.7 Å². The minimum absolute atomic E-state index is 0.509. The first-order valence-corrected chi connectivity index (χ1v) is 5.73. The van der Waals surface area contributed by atoms with Crippen molar-refractivity contribution in [3.05, 3.63) is 30.1 Å². The first-order chi connectivity index (χ1) is 8.74. The second kappa shape index (κ2) is 5.44. The van der Waals surface area contributed by atoms with Crippen LogP contribution in [0.3, 0.4) is 0 Å². The highest BCUT2D eigenvalue weighted by atomic mass is 16.5. The van der Waals surface area contributed by atoms with Crippen molar-refractivity contribution in [3.63, 3.8) is 0 Å². The van der Waals surface area contributed by atoms with Crippen molar-refractivity contribution in [2.75, 3.05) is 13.7 Å². The molecule has 1 aromatic carbocycles. The summed E-state index contributed by atoms with van der Waals surface area (Å²) < 4.78 is 10.6. The molecule has 2 aromatic rings. The van der Waals surface area contributed by atoms with Crippen molar-refractivity contribution in [1.29, 1.82) is 0 Å². The molecule has 0 fully saturated rings. The summed E-state index contributed by atoms with van der Waals surface area (Å²) in [4.78, 5) is 4.25. The molecule has 0 unspecified atom stereocenters. The Hall–Kier alpha value is -2.17. The molecule has 0 amide bonds. The number of aryl methyl sites for hydroxylation is 1. The van der Waals surface area contributed by atoms with E-state index in [0.29, 0.717) is 24.0 Å². The Bertz CT molecular complexity index is 526. The lowest BCUT2D eigenvalue weighted by Crippen LogP contribution is -2.02. The van der Waals surface area contributed by atoms with Gasteiger partial charge in [-0.3, -0.25) is 0 Å². The van der Waals surface area contributed by atoms with E-state index in [0.717, 1.165) is 11.3 Å². The Kier molecular flexibility index (Phi) is 3.72. The van der Waals surface area contributed by atoms with Gasteiger partial charge in [0.1, 0.15) is 5.75 Å². The fourth-order valence-corrected chi connectivity index (χ4v) is 1.55. The molecule has 18 heavy (non-hydrogen) atoms. The van der Waals surface area contributed by atoms with E-state index in [9.17, 15) is 0 Å². The second-order valence-corrected chi connectivity index (χ2v) is 3.67. The zero-order valence-corrected chi connectivity index (χ0v) is 10.7. The third-order valence-corrected chi connectivity index (χ3v) is 2.41. The van der Waals surface area contributed by atoms with Crippen molar-refractivity contribution >= 4 is 0 Å². The molecule has 0 saturated heterocycles. The predicted octanol–water partition coefficient (Wildman–Crippen LogP) is 2.25. The number of hydrogen-bond donors (Lipinski definition) is 0. The molecule has 0 saturated carbocycles. The van der Waals surface area contributed by atoms with Crippen LogP contribution in [-0.4, -0.2) is 28.9 Å². The molecule has 0 atom stereocenters. The maximum Gasteiger partial charge on any atom is 0.244 e. The zero-order chi connectivity index (χ0) is 13.0. The van der Waals surface area contributed by atoms with E-state index in [-0.39, 0.29) is 0 Å². The van der Waals surface area contributed by atoms with Crippen molar-refractivity contribution < 1.29 is 9.47 Å². The number of hydrogen-bond acceptors (Lipinski definition) is 5. The topological polar surface area (TPSA) is 57.1 Å². The summed E-state index contributed by atoms with van der Waals surface area (Å²) in [6.45, 7) is 4.24. The summed E-state index contributed by atoms with van der Waals surface area (Å²) >= 11 is 0. The summed E-state index contributed by atoms with van der Waals surface area (Å²) in [5, 5.41) is 8.11. The molecule has 94 valence electrons. The molecule has 0 spiro atoms. The fraction of sp³-hybridized carbons (Fsp3) is 0.308. The number of aromatic nitrogens is 3. The van der Waals surface area contributed by atoms with Crippen molar-refractivity contribution in [2.45, 2.75) is 13.8 Å². The van der Waals surface area contributed by atoms with E-state index < -0.39 is 0 Å². The minimum atomic E-state index is 0.509. The molecule has 1 heterocycles. The van der Waals surface area contributed by atoms with Gasteiger partial charge in [-0.25, -0.2) is 0 Å². The van der Waals surface area contributed by atoms with E-state index in [1.807, 2.05) is 31.2 Å². The van der Waals surface area contributed by atoms with Gasteiger partial charge in [0, 0.05) is 5.56 Å². The largest absolute Gasteiger partial charge is 0.497 e. The van der Waals surface area contributed by atoms with Crippen LogP contribution in [0, 0.1) is 6.92 Å². The molecule has 5 nitrogen and oxygen atoms in total. The Balaban J connectivity index is 2.41. The van der Waals surface area contributed by atoms with Gasteiger partial charge in [0.2, 0.25) is 5.88 Å². The molecule has 0 bridgehead atoms. The van der Waals surface area contributed by atoms with Crippen LogP contribution in [0.5, 0.6) is 11.6 Å². The van der Waals surface area contributed by atoms with Crippen LogP contribution in [-0.2, 0) is 0 Å². The zero-order valence-electron chi connectivity index (χ0n) is 10.7. The second-order valence-electron chi connectivity index (χ2n) is 3.67. The molecule has 1 aromatic heterocycles. The highest BCUT2D eigenvalue weighted by Gasteiger charge is 2.11. The summed E-state index contributed by atoms with van der Waals surface area (Å²) in [6, 6.07) is 7.55. The van der Waals surface area contributed by atoms with Crippen LogP contribution < -0.4 is 9.47 Å². The van der Waals surface area contributed by atoms with Gasteiger partial charge in [-0.05, 0) is 38.1 Å². The van der Waals surface area contributed by atoms with Crippen LogP contribution in [0.4, 0.5) is 0 Å². The monoisotopic (exact) mass is 245 g/mol. The van der Waals surface area contributed by atoms with Gasteiger partial charge in [-0.2, -0.15) is 4.98 Å². The smallest absolute Gasteiger partial charge is 0.244 e. The van der Waals surface area contributed by atoms with Gasteiger partial charge in [0.15, 0.2) is 11.5 Å². The van der Waals surface area contributed by atoms with Crippen LogP contribution in [0.15, 0.2) is 24.3 Å². The number of ether oxygens (including phenoxy) is 2. The van der Waals surface area contributed by atoms with Gasteiger partial charge in [-0.1, -0.05) is 0 Å². The maximum atomic E-state index is 5.48. The summed E-state index contributed by atoms with van der Waals surface area (Å²) in [5.74, 6) is 1.90. The van der Waals surface area contributed by atoms with Crippen molar-refractivity contribution in [3.8, 4) is 22.9 Å². The van der Waals surface area contributed by atoms with E-state index in [2.05, 4.69) is 15.2 Å². The highest BCUT2D eigenvalue weighted by molar-refractivity contribution is 5.64. The number of benzene rings is 1. The highest BCUT2D eigenvalue weighted by Crippen LogP contribution is 2.26. The Morgan fingerprint density at radius 1 is 1.11 bits per heavy atom. The SMILES string of the molecule is CCOc1nc(C)nnc1-c1ccc(OC)cc1. The van der Waals surface area contributed by atoms with E-state index >= 15 is 0 Å². The number of nitrogens with zero attached hydrogens (tertiary/aromatic N) is 3. The van der Waals surface area contributed by atoms with Crippen LogP contribution in [0.2, 0.25) is 0 Å². The number of methoxy groups -OCH3 is 1. The molecule has 0 aliphatic heterocycles. The third kappa shape index (κ3) is 2.56. The molecule has 5 heteroatoms. The number of rotatable bonds is 4. The third-order valence-electron chi connectivity index (χ3n) is 2.41. The lowest BCUT2D eigenvalue weighted by atomic mass is 10.1. The lowest BCUT2D eigenvalue weighted by Gasteiger charge is -2.08. The van der Waals surface area contributed by atoms with Gasteiger partial charge in [-0.15, -0.1) is 10.2 Å². The van der Waals surface area contributed by atoms with Crippen LogP contribution in [0.25, 0.3) is 11.3 Å². The normalized spacial score (nSPS) is 10.2. The van der Waals surface area contributed by atoms with Crippen LogP contribution in [0.1, 0.15) is 12.7 Å². The first kappa shape index (κ1) is 12.3. The molecular weight excluding hydrogens is 230 g/mol. The predicted molar refractivity (Wildman–Crippen MR) is 67.7 cm³/mol. The molecule has 0 aliphatic carbocycles. The van der Waals surface area contributed by atoms with Gasteiger partial charge in [0.25, 0.3) is 0 Å². The van der Waals surface area contributed by atoms with Crippen LogP contribution >= 0.6 is 0 Å². The van der Waals surface area contributed by atoms with E-state index in [4.69, 9.17) is 9.47 Å². The fourth-order valence-electron chi connectivity index (χ4n) is 1.55. The van der Waals surface area contributed by atoms with Crippen molar-refractivity contribution in [2.24, 2.45) is 0 Å². The molecule has 0 N–H and O–H groups in total. The maximum absolute atomic E-state index is 5.48.